The third-order valence-corrected chi connectivity index (χ3v) is 3.51. The van der Waals surface area contributed by atoms with Gasteiger partial charge in [-0.25, -0.2) is 0 Å². The van der Waals surface area contributed by atoms with Crippen LogP contribution in [0.25, 0.3) is 0 Å². The van der Waals surface area contributed by atoms with Crippen LogP contribution in [0.3, 0.4) is 0 Å². The van der Waals surface area contributed by atoms with Crippen LogP contribution in [0.5, 0.6) is 0 Å². The zero-order valence-corrected chi connectivity index (χ0v) is 13.4. The first-order valence-corrected chi connectivity index (χ1v) is 7.35. The standard InChI is InChI=1S/C15H25N5O/c1-12-8-14(3)19(16-12)10-18(6-5-7-21)11-20-15(4)9-13(2)17-20/h8-9,21H,5-7,10-11H2,1-4H3. The number of hydrogen-bond donors (Lipinski definition) is 1. The van der Waals surface area contributed by atoms with Crippen molar-refractivity contribution in [3.05, 3.63) is 34.9 Å². The molecule has 0 radical (unpaired) electrons. The van der Waals surface area contributed by atoms with Gasteiger partial charge >= 0.3 is 0 Å². The lowest BCUT2D eigenvalue weighted by atomic mass is 10.4. The van der Waals surface area contributed by atoms with Gasteiger partial charge in [0.2, 0.25) is 0 Å². The van der Waals surface area contributed by atoms with E-state index >= 15 is 0 Å². The van der Waals surface area contributed by atoms with E-state index in [2.05, 4.69) is 41.1 Å². The summed E-state index contributed by atoms with van der Waals surface area (Å²) in [5.41, 5.74) is 4.35. The Bertz CT molecular complexity index is 539. The lowest BCUT2D eigenvalue weighted by Crippen LogP contribution is -2.32. The first kappa shape index (κ1) is 15.7. The zero-order valence-electron chi connectivity index (χ0n) is 13.4. The lowest BCUT2D eigenvalue weighted by Gasteiger charge is -2.23. The molecule has 0 fully saturated rings. The summed E-state index contributed by atoms with van der Waals surface area (Å²) < 4.78 is 4.00. The summed E-state index contributed by atoms with van der Waals surface area (Å²) in [5, 5.41) is 18.1. The van der Waals surface area contributed by atoms with E-state index in [4.69, 9.17) is 5.11 Å². The van der Waals surface area contributed by atoms with Crippen LogP contribution in [0.2, 0.25) is 0 Å². The van der Waals surface area contributed by atoms with Crippen molar-refractivity contribution in [2.45, 2.75) is 47.5 Å². The van der Waals surface area contributed by atoms with Gasteiger partial charge in [0, 0.05) is 24.5 Å². The molecule has 0 aliphatic carbocycles. The molecule has 2 heterocycles. The molecule has 0 aliphatic rings. The normalized spacial score (nSPS) is 11.5. The Balaban J connectivity index is 2.10. The zero-order chi connectivity index (χ0) is 15.4. The Kier molecular flexibility index (Phi) is 5.14. The van der Waals surface area contributed by atoms with Gasteiger partial charge in [-0.05, 0) is 46.2 Å². The number of hydrogen-bond acceptors (Lipinski definition) is 4. The van der Waals surface area contributed by atoms with Crippen LogP contribution in [-0.4, -0.2) is 42.7 Å². The van der Waals surface area contributed by atoms with E-state index in [1.165, 1.54) is 0 Å². The van der Waals surface area contributed by atoms with E-state index in [1.54, 1.807) is 0 Å². The van der Waals surface area contributed by atoms with E-state index in [1.807, 2.05) is 23.2 Å². The molecule has 0 atom stereocenters. The molecular formula is C15H25N5O. The molecule has 0 bridgehead atoms. The Morgan fingerprint density at radius 2 is 1.43 bits per heavy atom. The summed E-state index contributed by atoms with van der Waals surface area (Å²) in [6.07, 6.45) is 0.749. The van der Waals surface area contributed by atoms with Gasteiger partial charge in [0.25, 0.3) is 0 Å². The molecule has 0 unspecified atom stereocenters. The van der Waals surface area contributed by atoms with Crippen LogP contribution in [-0.2, 0) is 13.3 Å². The van der Waals surface area contributed by atoms with Gasteiger partial charge < -0.3 is 5.11 Å². The van der Waals surface area contributed by atoms with Crippen molar-refractivity contribution in [1.82, 2.24) is 24.5 Å². The summed E-state index contributed by atoms with van der Waals surface area (Å²) in [4.78, 5) is 2.25. The smallest absolute Gasteiger partial charge is 0.0946 e. The van der Waals surface area contributed by atoms with Crippen LogP contribution in [0.4, 0.5) is 0 Å². The van der Waals surface area contributed by atoms with Crippen molar-refractivity contribution in [3.63, 3.8) is 0 Å². The Morgan fingerprint density at radius 3 is 1.76 bits per heavy atom. The van der Waals surface area contributed by atoms with Crippen LogP contribution >= 0.6 is 0 Å². The Hall–Kier alpha value is -1.66. The average Bonchev–Trinajstić information content (AvgIpc) is 2.89. The molecule has 2 aromatic heterocycles. The monoisotopic (exact) mass is 291 g/mol. The molecule has 2 aromatic rings. The molecule has 0 amide bonds. The van der Waals surface area contributed by atoms with Crippen LogP contribution < -0.4 is 0 Å². The molecule has 116 valence electrons. The molecule has 0 aliphatic heterocycles. The topological polar surface area (TPSA) is 59.1 Å². The number of rotatable bonds is 7. The predicted octanol–water partition coefficient (Wildman–Crippen LogP) is 1.61. The van der Waals surface area contributed by atoms with Gasteiger partial charge in [0.1, 0.15) is 0 Å². The van der Waals surface area contributed by atoms with Gasteiger partial charge in [-0.15, -0.1) is 0 Å². The summed E-state index contributed by atoms with van der Waals surface area (Å²) in [5.74, 6) is 0. The molecule has 0 saturated heterocycles. The van der Waals surface area contributed by atoms with E-state index in [0.717, 1.165) is 35.7 Å². The van der Waals surface area contributed by atoms with E-state index < -0.39 is 0 Å². The Labute approximate surface area is 126 Å². The van der Waals surface area contributed by atoms with Crippen molar-refractivity contribution < 1.29 is 5.11 Å². The van der Waals surface area contributed by atoms with Crippen molar-refractivity contribution >= 4 is 0 Å². The van der Waals surface area contributed by atoms with Gasteiger partial charge in [-0.1, -0.05) is 0 Å². The highest BCUT2D eigenvalue weighted by molar-refractivity contribution is 5.07. The first-order valence-electron chi connectivity index (χ1n) is 7.35. The maximum absolute atomic E-state index is 9.09. The number of aliphatic hydroxyl groups is 1. The van der Waals surface area contributed by atoms with Crippen molar-refractivity contribution in [3.8, 4) is 0 Å². The molecule has 6 heteroatoms. The molecule has 21 heavy (non-hydrogen) atoms. The van der Waals surface area contributed by atoms with E-state index in [9.17, 15) is 0 Å². The fourth-order valence-corrected chi connectivity index (χ4v) is 2.50. The number of aliphatic hydroxyl groups excluding tert-OH is 1. The third-order valence-electron chi connectivity index (χ3n) is 3.51. The minimum absolute atomic E-state index is 0.199. The fourth-order valence-electron chi connectivity index (χ4n) is 2.50. The minimum Gasteiger partial charge on any atom is -0.396 e. The van der Waals surface area contributed by atoms with E-state index in [-0.39, 0.29) is 6.61 Å². The minimum atomic E-state index is 0.199. The predicted molar refractivity (Wildman–Crippen MR) is 81.8 cm³/mol. The second-order valence-corrected chi connectivity index (χ2v) is 5.61. The highest BCUT2D eigenvalue weighted by Gasteiger charge is 2.11. The van der Waals surface area contributed by atoms with Gasteiger partial charge in [-0.2, -0.15) is 10.2 Å². The summed E-state index contributed by atoms with van der Waals surface area (Å²) in [7, 11) is 0. The molecule has 6 nitrogen and oxygen atoms in total. The molecule has 1 N–H and O–H groups in total. The number of nitrogens with zero attached hydrogens (tertiary/aromatic N) is 5. The fraction of sp³-hybridized carbons (Fsp3) is 0.600. The summed E-state index contributed by atoms with van der Waals surface area (Å²) in [6.45, 7) is 10.6. The molecular weight excluding hydrogens is 266 g/mol. The van der Waals surface area contributed by atoms with Crippen LogP contribution in [0.15, 0.2) is 12.1 Å². The molecule has 0 saturated carbocycles. The van der Waals surface area contributed by atoms with Gasteiger partial charge in [0.05, 0.1) is 24.7 Å². The third kappa shape index (κ3) is 4.15. The lowest BCUT2D eigenvalue weighted by molar-refractivity contribution is 0.135. The van der Waals surface area contributed by atoms with E-state index in [0.29, 0.717) is 13.3 Å². The van der Waals surface area contributed by atoms with Gasteiger partial charge in [-0.3, -0.25) is 14.3 Å². The largest absolute Gasteiger partial charge is 0.396 e. The molecule has 2 rings (SSSR count). The Morgan fingerprint density at radius 1 is 0.952 bits per heavy atom. The first-order chi connectivity index (χ1) is 9.99. The summed E-state index contributed by atoms with van der Waals surface area (Å²) >= 11 is 0. The number of aryl methyl sites for hydroxylation is 4. The maximum Gasteiger partial charge on any atom is 0.0946 e. The van der Waals surface area contributed by atoms with Gasteiger partial charge in [0.15, 0.2) is 0 Å². The van der Waals surface area contributed by atoms with Crippen molar-refractivity contribution in [2.75, 3.05) is 13.2 Å². The highest BCUT2D eigenvalue weighted by Crippen LogP contribution is 2.08. The second kappa shape index (κ2) is 6.87. The van der Waals surface area contributed by atoms with Crippen molar-refractivity contribution in [2.24, 2.45) is 0 Å². The number of aromatic nitrogens is 4. The van der Waals surface area contributed by atoms with Crippen molar-refractivity contribution in [1.29, 1.82) is 0 Å². The second-order valence-electron chi connectivity index (χ2n) is 5.61. The highest BCUT2D eigenvalue weighted by atomic mass is 16.3. The SMILES string of the molecule is Cc1cc(C)n(CN(CCCO)Cn2nc(C)cc2C)n1. The quantitative estimate of drug-likeness (QED) is 0.842. The molecule has 0 aromatic carbocycles. The molecule has 0 spiro atoms. The average molecular weight is 291 g/mol. The maximum atomic E-state index is 9.09. The van der Waals surface area contributed by atoms with Crippen LogP contribution in [0.1, 0.15) is 29.2 Å². The summed E-state index contributed by atoms with van der Waals surface area (Å²) in [6, 6.07) is 4.15. The van der Waals surface area contributed by atoms with Crippen LogP contribution in [0, 0.1) is 27.7 Å².